The molecule has 1 atom stereocenters. The van der Waals surface area contributed by atoms with Crippen LogP contribution in [0.1, 0.15) is 48.7 Å². The van der Waals surface area contributed by atoms with Crippen LogP contribution >= 0.6 is 0 Å². The Morgan fingerprint density at radius 2 is 1.81 bits per heavy atom. The fraction of sp³-hybridized carbons (Fsp3) is 0.364. The quantitative estimate of drug-likeness (QED) is 0.666. The first-order valence-electron chi connectivity index (χ1n) is 8.97. The van der Waals surface area contributed by atoms with Crippen molar-refractivity contribution >= 4 is 11.7 Å². The van der Waals surface area contributed by atoms with Crippen molar-refractivity contribution in [3.8, 4) is 5.75 Å². The second-order valence-electron chi connectivity index (χ2n) is 6.52. The van der Waals surface area contributed by atoms with Gasteiger partial charge in [0.1, 0.15) is 5.75 Å². The first-order valence-corrected chi connectivity index (χ1v) is 8.97. The number of Topliss-reactive ketones (excluding diaryl/α,β-unsaturated/α-hetero) is 1. The molecule has 0 aliphatic heterocycles. The van der Waals surface area contributed by atoms with E-state index in [0.29, 0.717) is 17.9 Å². The summed E-state index contributed by atoms with van der Waals surface area (Å²) in [6.07, 6.45) is 1.09. The van der Waals surface area contributed by atoms with Gasteiger partial charge in [-0.25, -0.2) is 0 Å². The molecule has 2 aromatic rings. The zero-order valence-corrected chi connectivity index (χ0v) is 16.0. The van der Waals surface area contributed by atoms with E-state index >= 15 is 0 Å². The number of rotatable bonds is 8. The summed E-state index contributed by atoms with van der Waals surface area (Å²) >= 11 is 0. The predicted octanol–water partition coefficient (Wildman–Crippen LogP) is 4.27. The zero-order valence-electron chi connectivity index (χ0n) is 16.0. The van der Waals surface area contributed by atoms with Gasteiger partial charge in [0, 0.05) is 23.7 Å². The molecule has 4 heteroatoms. The summed E-state index contributed by atoms with van der Waals surface area (Å²) < 4.78 is 5.38. The topological polar surface area (TPSA) is 46.6 Å². The standard InChI is InChI=1S/C22H27NO3/c1-5-16(2)23(15-18-9-7-6-8-10-18)22(25)14-20-13-19(17(3)24)11-12-21(20)26-4/h6-13,16H,5,14-15H2,1-4H3. The number of benzene rings is 2. The van der Waals surface area contributed by atoms with E-state index in [1.165, 1.54) is 6.92 Å². The Hall–Kier alpha value is -2.62. The molecule has 4 nitrogen and oxygen atoms in total. The maximum atomic E-state index is 13.1. The van der Waals surface area contributed by atoms with E-state index in [1.807, 2.05) is 35.2 Å². The van der Waals surface area contributed by atoms with Crippen molar-refractivity contribution in [2.24, 2.45) is 0 Å². The lowest BCUT2D eigenvalue weighted by Crippen LogP contribution is -2.38. The highest BCUT2D eigenvalue weighted by atomic mass is 16.5. The van der Waals surface area contributed by atoms with Gasteiger partial charge >= 0.3 is 0 Å². The van der Waals surface area contributed by atoms with Crippen molar-refractivity contribution < 1.29 is 14.3 Å². The van der Waals surface area contributed by atoms with Crippen LogP contribution in [-0.4, -0.2) is 29.7 Å². The second kappa shape index (κ2) is 9.18. The number of carbonyl (C=O) groups excluding carboxylic acids is 2. The van der Waals surface area contributed by atoms with Gasteiger partial charge in [-0.1, -0.05) is 37.3 Å². The summed E-state index contributed by atoms with van der Waals surface area (Å²) in [6, 6.07) is 15.4. The Morgan fingerprint density at radius 3 is 2.38 bits per heavy atom. The van der Waals surface area contributed by atoms with E-state index in [9.17, 15) is 9.59 Å². The summed E-state index contributed by atoms with van der Waals surface area (Å²) in [4.78, 5) is 26.6. The van der Waals surface area contributed by atoms with E-state index in [-0.39, 0.29) is 24.2 Å². The maximum Gasteiger partial charge on any atom is 0.227 e. The smallest absolute Gasteiger partial charge is 0.227 e. The molecule has 0 aliphatic rings. The van der Waals surface area contributed by atoms with Gasteiger partial charge in [0.05, 0.1) is 13.5 Å². The number of amides is 1. The molecule has 26 heavy (non-hydrogen) atoms. The molecule has 1 unspecified atom stereocenters. The van der Waals surface area contributed by atoms with Crippen LogP contribution in [0.5, 0.6) is 5.75 Å². The van der Waals surface area contributed by atoms with Crippen LogP contribution in [0, 0.1) is 0 Å². The van der Waals surface area contributed by atoms with Gasteiger partial charge in [0.15, 0.2) is 5.78 Å². The van der Waals surface area contributed by atoms with Gasteiger partial charge in [0.2, 0.25) is 5.91 Å². The van der Waals surface area contributed by atoms with E-state index in [2.05, 4.69) is 13.8 Å². The molecule has 0 aromatic heterocycles. The molecule has 0 aliphatic carbocycles. The summed E-state index contributed by atoms with van der Waals surface area (Å²) in [5, 5.41) is 0. The van der Waals surface area contributed by atoms with E-state index in [0.717, 1.165) is 17.5 Å². The van der Waals surface area contributed by atoms with Crippen molar-refractivity contribution in [1.82, 2.24) is 4.90 Å². The normalized spacial score (nSPS) is 11.7. The molecule has 2 aromatic carbocycles. The summed E-state index contributed by atoms with van der Waals surface area (Å²) in [5.74, 6) is 0.638. The predicted molar refractivity (Wildman–Crippen MR) is 103 cm³/mol. The number of nitrogens with zero attached hydrogens (tertiary/aromatic N) is 1. The maximum absolute atomic E-state index is 13.1. The third-order valence-electron chi connectivity index (χ3n) is 4.67. The molecular formula is C22H27NO3. The van der Waals surface area contributed by atoms with Crippen LogP contribution in [0.3, 0.4) is 0 Å². The lowest BCUT2D eigenvalue weighted by atomic mass is 10.0. The SMILES string of the molecule is CCC(C)N(Cc1ccccc1)C(=O)Cc1cc(C(C)=O)ccc1OC. The lowest BCUT2D eigenvalue weighted by molar-refractivity contribution is -0.133. The van der Waals surface area contributed by atoms with Crippen LogP contribution in [0.15, 0.2) is 48.5 Å². The average molecular weight is 353 g/mol. The average Bonchev–Trinajstić information content (AvgIpc) is 2.66. The van der Waals surface area contributed by atoms with Gasteiger partial charge in [-0.15, -0.1) is 0 Å². The fourth-order valence-corrected chi connectivity index (χ4v) is 2.89. The molecular weight excluding hydrogens is 326 g/mol. The second-order valence-corrected chi connectivity index (χ2v) is 6.52. The Balaban J connectivity index is 2.26. The lowest BCUT2D eigenvalue weighted by Gasteiger charge is -2.29. The first kappa shape index (κ1) is 19.7. The summed E-state index contributed by atoms with van der Waals surface area (Å²) in [5.41, 5.74) is 2.43. The van der Waals surface area contributed by atoms with Crippen LogP contribution in [0.25, 0.3) is 0 Å². The van der Waals surface area contributed by atoms with Crippen molar-refractivity contribution in [1.29, 1.82) is 0 Å². The Labute approximate surface area is 155 Å². The number of ketones is 1. The van der Waals surface area contributed by atoms with Gasteiger partial charge in [-0.2, -0.15) is 0 Å². The van der Waals surface area contributed by atoms with Crippen molar-refractivity contribution in [3.63, 3.8) is 0 Å². The number of ether oxygens (including phenoxy) is 1. The van der Waals surface area contributed by atoms with Crippen molar-refractivity contribution in [2.75, 3.05) is 7.11 Å². The van der Waals surface area contributed by atoms with Gasteiger partial charge in [-0.05, 0) is 44.0 Å². The molecule has 0 N–H and O–H groups in total. The minimum Gasteiger partial charge on any atom is -0.496 e. The van der Waals surface area contributed by atoms with Crippen LogP contribution in [0.4, 0.5) is 0 Å². The number of carbonyl (C=O) groups is 2. The number of hydrogen-bond acceptors (Lipinski definition) is 3. The largest absolute Gasteiger partial charge is 0.496 e. The van der Waals surface area contributed by atoms with Crippen molar-refractivity contribution in [3.05, 3.63) is 65.2 Å². The highest BCUT2D eigenvalue weighted by molar-refractivity contribution is 5.94. The fourth-order valence-electron chi connectivity index (χ4n) is 2.89. The minimum absolute atomic E-state index is 0.0237. The van der Waals surface area contributed by atoms with Gasteiger partial charge in [0.25, 0.3) is 0 Å². The van der Waals surface area contributed by atoms with E-state index in [1.54, 1.807) is 25.3 Å². The molecule has 0 spiro atoms. The molecule has 138 valence electrons. The summed E-state index contributed by atoms with van der Waals surface area (Å²) in [6.45, 7) is 6.23. The molecule has 0 fully saturated rings. The highest BCUT2D eigenvalue weighted by Gasteiger charge is 2.21. The Bertz CT molecular complexity index is 755. The van der Waals surface area contributed by atoms with Crippen LogP contribution in [-0.2, 0) is 17.8 Å². The highest BCUT2D eigenvalue weighted by Crippen LogP contribution is 2.23. The van der Waals surface area contributed by atoms with Crippen molar-refractivity contribution in [2.45, 2.75) is 46.2 Å². The first-order chi connectivity index (χ1) is 12.5. The molecule has 0 radical (unpaired) electrons. The van der Waals surface area contributed by atoms with Crippen LogP contribution < -0.4 is 4.74 Å². The summed E-state index contributed by atoms with van der Waals surface area (Å²) in [7, 11) is 1.58. The molecule has 1 amide bonds. The van der Waals surface area contributed by atoms with Gasteiger partial charge < -0.3 is 9.64 Å². The molecule has 0 saturated heterocycles. The third-order valence-corrected chi connectivity index (χ3v) is 4.67. The molecule has 2 rings (SSSR count). The minimum atomic E-state index is -0.0237. The Morgan fingerprint density at radius 1 is 1.12 bits per heavy atom. The number of hydrogen-bond donors (Lipinski definition) is 0. The Kier molecular flexibility index (Phi) is 6.96. The number of methoxy groups -OCH3 is 1. The monoisotopic (exact) mass is 353 g/mol. The third kappa shape index (κ3) is 4.94. The molecule has 0 heterocycles. The van der Waals surface area contributed by atoms with Gasteiger partial charge in [-0.3, -0.25) is 9.59 Å². The molecule has 0 saturated carbocycles. The zero-order chi connectivity index (χ0) is 19.1. The molecule has 0 bridgehead atoms. The van der Waals surface area contributed by atoms with Crippen LogP contribution in [0.2, 0.25) is 0 Å². The van der Waals surface area contributed by atoms with E-state index in [4.69, 9.17) is 4.74 Å². The van der Waals surface area contributed by atoms with E-state index < -0.39 is 0 Å².